The number of piperazine rings is 1. The van der Waals surface area contributed by atoms with Crippen LogP contribution in [0.3, 0.4) is 0 Å². The molecule has 0 aromatic heterocycles. The van der Waals surface area contributed by atoms with Gasteiger partial charge < -0.3 is 14.5 Å². The molecule has 19 heavy (non-hydrogen) atoms. The van der Waals surface area contributed by atoms with Gasteiger partial charge in [-0.3, -0.25) is 9.59 Å². The van der Waals surface area contributed by atoms with Crippen LogP contribution in [0.25, 0.3) is 0 Å². The summed E-state index contributed by atoms with van der Waals surface area (Å²) in [5.74, 6) is 0.299. The average Bonchev–Trinajstić information content (AvgIpc) is 3.05. The van der Waals surface area contributed by atoms with Gasteiger partial charge in [-0.2, -0.15) is 0 Å². The lowest BCUT2D eigenvalue weighted by molar-refractivity contribution is -0.161. The van der Waals surface area contributed by atoms with E-state index >= 15 is 0 Å². The highest BCUT2D eigenvalue weighted by molar-refractivity contribution is 5.95. The molecule has 4 unspecified atom stereocenters. The molecule has 0 N–H and O–H groups in total. The second-order valence-electron chi connectivity index (χ2n) is 6.24. The van der Waals surface area contributed by atoms with Crippen LogP contribution >= 0.6 is 0 Å². The Morgan fingerprint density at radius 3 is 2.68 bits per heavy atom. The number of nitrogens with zero attached hydrogens (tertiary/aromatic N) is 2. The lowest BCUT2D eigenvalue weighted by Gasteiger charge is -2.45. The second kappa shape index (κ2) is 4.20. The second-order valence-corrected chi connectivity index (χ2v) is 6.24. The molecule has 4 saturated heterocycles. The number of carbonyl (C=O) groups excluding carboxylic acids is 2. The van der Waals surface area contributed by atoms with E-state index in [1.165, 1.54) is 0 Å². The molecule has 4 atom stereocenters. The number of piperidine rings is 1. The molecule has 4 heterocycles. The summed E-state index contributed by atoms with van der Waals surface area (Å²) in [6.45, 7) is 1.03. The zero-order valence-corrected chi connectivity index (χ0v) is 11.1. The van der Waals surface area contributed by atoms with Gasteiger partial charge in [-0.1, -0.05) is 0 Å². The number of hydrogen-bond donors (Lipinski definition) is 0. The van der Waals surface area contributed by atoms with E-state index in [9.17, 15) is 9.59 Å². The third-order valence-electron chi connectivity index (χ3n) is 5.17. The summed E-state index contributed by atoms with van der Waals surface area (Å²) in [7, 11) is 0. The smallest absolute Gasteiger partial charge is 0.246 e. The normalized spacial score (nSPS) is 41.9. The highest BCUT2D eigenvalue weighted by Crippen LogP contribution is 2.38. The fraction of sp³-hybridized carbons (Fsp3) is 0.857. The van der Waals surface area contributed by atoms with Crippen molar-refractivity contribution in [3.63, 3.8) is 0 Å². The molecule has 0 aliphatic carbocycles. The van der Waals surface area contributed by atoms with Gasteiger partial charge >= 0.3 is 0 Å². The fourth-order valence-electron chi connectivity index (χ4n) is 4.21. The van der Waals surface area contributed by atoms with Crippen LogP contribution in [0.2, 0.25) is 0 Å². The summed E-state index contributed by atoms with van der Waals surface area (Å²) in [5.41, 5.74) is 0. The van der Waals surface area contributed by atoms with Gasteiger partial charge in [-0.25, -0.2) is 0 Å². The predicted molar refractivity (Wildman–Crippen MR) is 67.4 cm³/mol. The minimum Gasteiger partial charge on any atom is -0.373 e. The zero-order chi connectivity index (χ0) is 13.0. The van der Waals surface area contributed by atoms with E-state index in [-0.39, 0.29) is 36.5 Å². The number of rotatable bonds is 1. The largest absolute Gasteiger partial charge is 0.373 e. The van der Waals surface area contributed by atoms with Crippen LogP contribution in [0.4, 0.5) is 0 Å². The Balaban J connectivity index is 1.56. The van der Waals surface area contributed by atoms with Gasteiger partial charge in [0.25, 0.3) is 0 Å². The van der Waals surface area contributed by atoms with E-state index in [1.807, 2.05) is 4.90 Å². The molecular formula is C14H20N2O3. The molecule has 0 spiro atoms. The Morgan fingerprint density at radius 1 is 1.05 bits per heavy atom. The van der Waals surface area contributed by atoms with Gasteiger partial charge in [0.05, 0.1) is 18.2 Å². The number of ether oxygens (including phenoxy) is 1. The van der Waals surface area contributed by atoms with Gasteiger partial charge in [-0.15, -0.1) is 0 Å². The van der Waals surface area contributed by atoms with Gasteiger partial charge in [0, 0.05) is 6.54 Å². The average molecular weight is 264 g/mol. The fourth-order valence-corrected chi connectivity index (χ4v) is 4.21. The van der Waals surface area contributed by atoms with Crippen molar-refractivity contribution < 1.29 is 14.3 Å². The first-order valence-corrected chi connectivity index (χ1v) is 7.49. The predicted octanol–water partition coefficient (Wildman–Crippen LogP) is 0.530. The lowest BCUT2D eigenvalue weighted by Crippen LogP contribution is -2.64. The van der Waals surface area contributed by atoms with Crippen LogP contribution in [0.15, 0.2) is 0 Å². The molecule has 5 nitrogen and oxygen atoms in total. The molecule has 2 amide bonds. The van der Waals surface area contributed by atoms with Gasteiger partial charge in [-0.05, 0) is 38.5 Å². The summed E-state index contributed by atoms with van der Waals surface area (Å²) in [6, 6.07) is -0.0339. The van der Waals surface area contributed by atoms with Crippen molar-refractivity contribution in [2.24, 2.45) is 0 Å². The van der Waals surface area contributed by atoms with Crippen molar-refractivity contribution in [3.8, 4) is 0 Å². The summed E-state index contributed by atoms with van der Waals surface area (Å²) in [6.07, 6.45) is 6.51. The molecule has 2 bridgehead atoms. The summed E-state index contributed by atoms with van der Waals surface area (Å²) >= 11 is 0. The number of fused-ring (bicyclic) bond motifs is 3. The standard InChI is InChI=1S/C14H20N2O3/c17-13-8-16(11-7-9-4-5-12(11)19-9)14(18)10-3-1-2-6-15(10)13/h9-12H,1-8H2. The van der Waals surface area contributed by atoms with Crippen LogP contribution in [-0.2, 0) is 14.3 Å². The summed E-state index contributed by atoms with van der Waals surface area (Å²) in [5, 5.41) is 0. The first-order valence-electron chi connectivity index (χ1n) is 7.49. The zero-order valence-electron chi connectivity index (χ0n) is 11.1. The first-order chi connectivity index (χ1) is 9.24. The molecule has 104 valence electrons. The maximum atomic E-state index is 12.6. The minimum absolute atomic E-state index is 0.132. The van der Waals surface area contributed by atoms with E-state index in [0.717, 1.165) is 45.1 Å². The highest BCUT2D eigenvalue weighted by Gasteiger charge is 2.49. The van der Waals surface area contributed by atoms with Crippen LogP contribution in [0.1, 0.15) is 38.5 Å². The molecule has 4 aliphatic heterocycles. The van der Waals surface area contributed by atoms with Gasteiger partial charge in [0.1, 0.15) is 12.6 Å². The summed E-state index contributed by atoms with van der Waals surface area (Å²) < 4.78 is 5.84. The van der Waals surface area contributed by atoms with Crippen molar-refractivity contribution in [1.29, 1.82) is 0 Å². The Morgan fingerprint density at radius 2 is 1.95 bits per heavy atom. The molecule has 5 heteroatoms. The number of amides is 2. The third kappa shape index (κ3) is 1.71. The number of carbonyl (C=O) groups is 2. The van der Waals surface area contributed by atoms with Crippen molar-refractivity contribution in [3.05, 3.63) is 0 Å². The quantitative estimate of drug-likeness (QED) is 0.694. The monoisotopic (exact) mass is 264 g/mol. The van der Waals surface area contributed by atoms with E-state index in [1.54, 1.807) is 4.90 Å². The van der Waals surface area contributed by atoms with Gasteiger partial charge in [0.15, 0.2) is 0 Å². The maximum Gasteiger partial charge on any atom is 0.246 e. The Bertz CT molecular complexity index is 425. The Kier molecular flexibility index (Phi) is 2.59. The SMILES string of the molecule is O=C1CN(C2CC3CCC2O3)C(=O)C2CCCCN12. The topological polar surface area (TPSA) is 49.9 Å². The molecule has 0 aromatic rings. The molecule has 0 saturated carbocycles. The van der Waals surface area contributed by atoms with Crippen LogP contribution in [-0.4, -0.2) is 59.0 Å². The van der Waals surface area contributed by atoms with Crippen molar-refractivity contribution in [1.82, 2.24) is 9.80 Å². The van der Waals surface area contributed by atoms with Crippen molar-refractivity contribution in [2.45, 2.75) is 62.8 Å². The summed E-state index contributed by atoms with van der Waals surface area (Å²) in [4.78, 5) is 28.5. The van der Waals surface area contributed by atoms with E-state index < -0.39 is 0 Å². The van der Waals surface area contributed by atoms with Crippen LogP contribution in [0.5, 0.6) is 0 Å². The van der Waals surface area contributed by atoms with E-state index in [0.29, 0.717) is 6.10 Å². The highest BCUT2D eigenvalue weighted by atomic mass is 16.5. The molecule has 0 aromatic carbocycles. The maximum absolute atomic E-state index is 12.6. The molecular weight excluding hydrogens is 244 g/mol. The van der Waals surface area contributed by atoms with E-state index in [4.69, 9.17) is 4.74 Å². The minimum atomic E-state index is -0.186. The molecule has 0 radical (unpaired) electrons. The van der Waals surface area contributed by atoms with Gasteiger partial charge in [0.2, 0.25) is 11.8 Å². The molecule has 4 rings (SSSR count). The lowest BCUT2D eigenvalue weighted by atomic mass is 9.91. The third-order valence-corrected chi connectivity index (χ3v) is 5.17. The number of hydrogen-bond acceptors (Lipinski definition) is 3. The Hall–Kier alpha value is -1.10. The van der Waals surface area contributed by atoms with Crippen LogP contribution in [0, 0.1) is 0 Å². The van der Waals surface area contributed by atoms with Crippen LogP contribution < -0.4 is 0 Å². The Labute approximate surface area is 112 Å². The van der Waals surface area contributed by atoms with Crippen molar-refractivity contribution >= 4 is 11.8 Å². The first kappa shape index (κ1) is 11.7. The van der Waals surface area contributed by atoms with Crippen molar-refractivity contribution in [2.75, 3.05) is 13.1 Å². The van der Waals surface area contributed by atoms with E-state index in [2.05, 4.69) is 0 Å². The molecule has 4 fully saturated rings. The molecule has 4 aliphatic rings.